The predicted octanol–water partition coefficient (Wildman–Crippen LogP) is 2.12. The molecule has 2 N–H and O–H groups in total. The third kappa shape index (κ3) is 2.09. The van der Waals surface area contributed by atoms with Gasteiger partial charge in [0.05, 0.1) is 12.0 Å². The highest BCUT2D eigenvalue weighted by Gasteiger charge is 2.49. The van der Waals surface area contributed by atoms with Crippen LogP contribution in [0.25, 0.3) is 0 Å². The molecule has 1 aliphatic heterocycles. The summed E-state index contributed by atoms with van der Waals surface area (Å²) in [5.74, 6) is -0.00615. The summed E-state index contributed by atoms with van der Waals surface area (Å²) < 4.78 is 0. The van der Waals surface area contributed by atoms with Gasteiger partial charge < -0.3 is 5.73 Å². The molecule has 4 heteroatoms. The first-order valence-electron chi connectivity index (χ1n) is 7.75. The molecule has 0 aromatic heterocycles. The van der Waals surface area contributed by atoms with Crippen molar-refractivity contribution >= 4 is 11.8 Å². The fourth-order valence-corrected chi connectivity index (χ4v) is 3.93. The molecular weight excluding hydrogens is 264 g/mol. The number of carbonyl (C=O) groups is 2. The molecule has 0 saturated heterocycles. The van der Waals surface area contributed by atoms with Crippen LogP contribution in [0.3, 0.4) is 0 Å². The number of hydrogen-bond donors (Lipinski definition) is 1. The Morgan fingerprint density at radius 2 is 2.05 bits per heavy atom. The molecular formula is C17H22N2O2. The van der Waals surface area contributed by atoms with E-state index < -0.39 is 5.54 Å². The highest BCUT2D eigenvalue weighted by Crippen LogP contribution is 2.40. The van der Waals surface area contributed by atoms with Gasteiger partial charge in [0.15, 0.2) is 0 Å². The van der Waals surface area contributed by atoms with Gasteiger partial charge in [-0.15, -0.1) is 0 Å². The van der Waals surface area contributed by atoms with Crippen molar-refractivity contribution in [3.63, 3.8) is 0 Å². The zero-order chi connectivity index (χ0) is 15.0. The summed E-state index contributed by atoms with van der Waals surface area (Å²) in [6.07, 6.45) is 4.33. The van der Waals surface area contributed by atoms with Crippen LogP contribution in [0.2, 0.25) is 0 Å². The summed E-state index contributed by atoms with van der Waals surface area (Å²) in [5, 5.41) is 0. The number of rotatable bonds is 2. The fraction of sp³-hybridized carbons (Fsp3) is 0.529. The van der Waals surface area contributed by atoms with E-state index in [0.29, 0.717) is 18.5 Å². The van der Waals surface area contributed by atoms with Crippen LogP contribution in [0.15, 0.2) is 24.3 Å². The predicted molar refractivity (Wildman–Crippen MR) is 80.7 cm³/mol. The van der Waals surface area contributed by atoms with E-state index in [1.165, 1.54) is 4.90 Å². The minimum Gasteiger partial charge on any atom is -0.328 e. The largest absolute Gasteiger partial charge is 0.328 e. The second kappa shape index (κ2) is 5.26. The van der Waals surface area contributed by atoms with Gasteiger partial charge in [0.1, 0.15) is 0 Å². The number of nitrogens with two attached hydrogens (primary N) is 1. The van der Waals surface area contributed by atoms with Crippen LogP contribution in [0, 0.1) is 5.92 Å². The van der Waals surface area contributed by atoms with E-state index in [0.717, 1.165) is 31.2 Å². The van der Waals surface area contributed by atoms with Gasteiger partial charge in [-0.25, -0.2) is 0 Å². The van der Waals surface area contributed by atoms with Gasteiger partial charge in [0.25, 0.3) is 5.91 Å². The molecule has 112 valence electrons. The molecule has 1 saturated carbocycles. The van der Waals surface area contributed by atoms with Crippen LogP contribution < -0.4 is 5.73 Å². The molecule has 0 radical (unpaired) electrons. The number of nitrogens with zero attached hydrogens (tertiary/aromatic N) is 1. The minimum atomic E-state index is -0.500. The SMILES string of the molecule is CC1CCCCC1(CN)N1C(=O)Cc2ccccc2C1=O. The van der Waals surface area contributed by atoms with E-state index in [9.17, 15) is 9.59 Å². The molecule has 0 spiro atoms. The zero-order valence-corrected chi connectivity index (χ0v) is 12.5. The van der Waals surface area contributed by atoms with Gasteiger partial charge in [0.2, 0.25) is 5.91 Å². The number of hydrogen-bond acceptors (Lipinski definition) is 3. The standard InChI is InChI=1S/C17H22N2O2/c1-12-6-4-5-9-17(12,11-18)19-15(20)10-13-7-2-3-8-14(13)16(19)21/h2-3,7-8,12H,4-6,9-11,18H2,1H3. The smallest absolute Gasteiger partial charge is 0.261 e. The number of amides is 2. The molecule has 21 heavy (non-hydrogen) atoms. The maximum absolute atomic E-state index is 12.9. The Labute approximate surface area is 125 Å². The summed E-state index contributed by atoms with van der Waals surface area (Å²) >= 11 is 0. The maximum atomic E-state index is 12.9. The van der Waals surface area contributed by atoms with Crippen LogP contribution in [-0.2, 0) is 11.2 Å². The first-order chi connectivity index (χ1) is 10.1. The number of fused-ring (bicyclic) bond motifs is 1. The molecule has 1 aliphatic carbocycles. The average molecular weight is 286 g/mol. The van der Waals surface area contributed by atoms with Crippen LogP contribution in [0.5, 0.6) is 0 Å². The zero-order valence-electron chi connectivity index (χ0n) is 12.5. The first kappa shape index (κ1) is 14.3. The Morgan fingerprint density at radius 1 is 1.29 bits per heavy atom. The second-order valence-electron chi connectivity index (χ2n) is 6.32. The topological polar surface area (TPSA) is 63.4 Å². The molecule has 3 rings (SSSR count). The quantitative estimate of drug-likeness (QED) is 0.847. The third-order valence-electron chi connectivity index (χ3n) is 5.25. The van der Waals surface area contributed by atoms with Crippen molar-refractivity contribution in [1.82, 2.24) is 4.90 Å². The molecule has 0 bridgehead atoms. The third-order valence-corrected chi connectivity index (χ3v) is 5.25. The highest BCUT2D eigenvalue weighted by molar-refractivity contribution is 6.10. The van der Waals surface area contributed by atoms with Gasteiger partial charge in [0, 0.05) is 12.1 Å². The summed E-state index contributed by atoms with van der Waals surface area (Å²) in [6.45, 7) is 2.47. The van der Waals surface area contributed by atoms with E-state index in [2.05, 4.69) is 6.92 Å². The molecule has 2 atom stereocenters. The van der Waals surface area contributed by atoms with Gasteiger partial charge in [-0.3, -0.25) is 14.5 Å². The van der Waals surface area contributed by atoms with Crippen molar-refractivity contribution in [2.75, 3.05) is 6.54 Å². The Morgan fingerprint density at radius 3 is 2.76 bits per heavy atom. The molecule has 1 aromatic carbocycles. The second-order valence-corrected chi connectivity index (χ2v) is 6.32. The number of imide groups is 1. The van der Waals surface area contributed by atoms with Crippen molar-refractivity contribution in [1.29, 1.82) is 0 Å². The Bertz CT molecular complexity index is 584. The van der Waals surface area contributed by atoms with Crippen LogP contribution in [-0.4, -0.2) is 28.8 Å². The maximum Gasteiger partial charge on any atom is 0.261 e. The van der Waals surface area contributed by atoms with Crippen LogP contribution in [0.1, 0.15) is 48.5 Å². The van der Waals surface area contributed by atoms with E-state index in [-0.39, 0.29) is 17.7 Å². The molecule has 1 aromatic rings. The molecule has 2 amide bonds. The van der Waals surface area contributed by atoms with Crippen molar-refractivity contribution < 1.29 is 9.59 Å². The first-order valence-corrected chi connectivity index (χ1v) is 7.75. The van der Waals surface area contributed by atoms with Crippen molar-refractivity contribution in [2.24, 2.45) is 11.7 Å². The van der Waals surface area contributed by atoms with Crippen molar-refractivity contribution in [3.8, 4) is 0 Å². The number of benzene rings is 1. The molecule has 4 nitrogen and oxygen atoms in total. The molecule has 2 aliphatic rings. The van der Waals surface area contributed by atoms with Crippen molar-refractivity contribution in [3.05, 3.63) is 35.4 Å². The van der Waals surface area contributed by atoms with E-state index in [1.807, 2.05) is 24.3 Å². The molecule has 1 fully saturated rings. The fourth-order valence-electron chi connectivity index (χ4n) is 3.93. The minimum absolute atomic E-state index is 0.0992. The van der Waals surface area contributed by atoms with Gasteiger partial charge >= 0.3 is 0 Å². The van der Waals surface area contributed by atoms with Crippen molar-refractivity contribution in [2.45, 2.75) is 44.6 Å². The normalized spacial score (nSPS) is 29.4. The highest BCUT2D eigenvalue weighted by atomic mass is 16.2. The lowest BCUT2D eigenvalue weighted by Gasteiger charge is -2.50. The van der Waals surface area contributed by atoms with E-state index >= 15 is 0 Å². The monoisotopic (exact) mass is 286 g/mol. The van der Waals surface area contributed by atoms with Gasteiger partial charge in [-0.05, 0) is 30.4 Å². The average Bonchev–Trinajstić information content (AvgIpc) is 2.49. The lowest BCUT2D eigenvalue weighted by Crippen LogP contribution is -2.64. The molecule has 2 unspecified atom stereocenters. The Kier molecular flexibility index (Phi) is 3.57. The lowest BCUT2D eigenvalue weighted by atomic mass is 9.71. The molecule has 1 heterocycles. The Balaban J connectivity index is 2.05. The Hall–Kier alpha value is -1.68. The van der Waals surface area contributed by atoms with Gasteiger partial charge in [-0.1, -0.05) is 38.0 Å². The van der Waals surface area contributed by atoms with Crippen LogP contribution >= 0.6 is 0 Å². The van der Waals surface area contributed by atoms with Gasteiger partial charge in [-0.2, -0.15) is 0 Å². The summed E-state index contributed by atoms with van der Waals surface area (Å²) in [6, 6.07) is 7.40. The summed E-state index contributed by atoms with van der Waals surface area (Å²) in [4.78, 5) is 27.0. The van der Waals surface area contributed by atoms with E-state index in [4.69, 9.17) is 5.73 Å². The summed E-state index contributed by atoms with van der Waals surface area (Å²) in [7, 11) is 0. The van der Waals surface area contributed by atoms with Crippen LogP contribution in [0.4, 0.5) is 0 Å². The summed E-state index contributed by atoms with van der Waals surface area (Å²) in [5.41, 5.74) is 7.05. The van der Waals surface area contributed by atoms with E-state index in [1.54, 1.807) is 0 Å². The lowest BCUT2D eigenvalue weighted by molar-refractivity contribution is -0.136. The number of carbonyl (C=O) groups excluding carboxylic acids is 2.